The van der Waals surface area contributed by atoms with Gasteiger partial charge in [-0.2, -0.15) is 0 Å². The van der Waals surface area contributed by atoms with Crippen LogP contribution in [0.2, 0.25) is 0 Å². The van der Waals surface area contributed by atoms with E-state index < -0.39 is 0 Å². The van der Waals surface area contributed by atoms with Crippen LogP contribution in [-0.4, -0.2) is 24.2 Å². The molecule has 0 unspecified atom stereocenters. The van der Waals surface area contributed by atoms with Crippen molar-refractivity contribution in [1.82, 2.24) is 10.6 Å². The molecule has 4 nitrogen and oxygen atoms in total. The summed E-state index contributed by atoms with van der Waals surface area (Å²) < 4.78 is 6.04. The van der Waals surface area contributed by atoms with E-state index >= 15 is 0 Å². The Balaban J connectivity index is 1.96. The number of thiocarbonyl (C=S) groups is 1. The Morgan fingerprint density at radius 3 is 2.59 bits per heavy atom. The van der Waals surface area contributed by atoms with E-state index in [9.17, 15) is 4.79 Å². The van der Waals surface area contributed by atoms with Crippen molar-refractivity contribution < 1.29 is 9.53 Å². The largest absolute Gasteiger partial charge is 0.496 e. The van der Waals surface area contributed by atoms with E-state index in [0.29, 0.717) is 22.5 Å². The van der Waals surface area contributed by atoms with Crippen molar-refractivity contribution in [2.75, 3.05) is 7.11 Å². The summed E-state index contributed by atoms with van der Waals surface area (Å²) in [5.41, 5.74) is 0.460. The van der Waals surface area contributed by atoms with Crippen LogP contribution in [0, 0.1) is 0 Å². The first kappa shape index (κ1) is 17.2. The Bertz CT molecular complexity index is 543. The lowest BCUT2D eigenvalue weighted by Crippen LogP contribution is -2.44. The van der Waals surface area contributed by atoms with Crippen molar-refractivity contribution in [2.45, 2.75) is 44.6 Å². The summed E-state index contributed by atoms with van der Waals surface area (Å²) in [7, 11) is 1.54. The average Bonchev–Trinajstić information content (AvgIpc) is 2.75. The summed E-state index contributed by atoms with van der Waals surface area (Å²) in [4.78, 5) is 12.4. The van der Waals surface area contributed by atoms with Crippen LogP contribution in [0.25, 0.3) is 0 Å². The van der Waals surface area contributed by atoms with Crippen LogP contribution in [0.4, 0.5) is 0 Å². The molecule has 1 aliphatic rings. The van der Waals surface area contributed by atoms with Gasteiger partial charge in [0, 0.05) is 10.5 Å². The molecule has 0 aromatic heterocycles. The van der Waals surface area contributed by atoms with Crippen LogP contribution in [0.1, 0.15) is 48.9 Å². The minimum absolute atomic E-state index is 0.260. The van der Waals surface area contributed by atoms with Crippen molar-refractivity contribution in [2.24, 2.45) is 0 Å². The maximum Gasteiger partial charge on any atom is 0.261 e. The monoisotopic (exact) mass is 384 g/mol. The molecular formula is C16H21BrN2O2S. The van der Waals surface area contributed by atoms with Gasteiger partial charge >= 0.3 is 0 Å². The maximum absolute atomic E-state index is 12.4. The minimum atomic E-state index is -0.260. The number of methoxy groups -OCH3 is 1. The predicted octanol–water partition coefficient (Wildman–Crippen LogP) is 3.78. The molecule has 0 bridgehead atoms. The zero-order chi connectivity index (χ0) is 15.9. The molecule has 1 amide bonds. The summed E-state index contributed by atoms with van der Waals surface area (Å²) in [6.45, 7) is 0. The van der Waals surface area contributed by atoms with Crippen LogP contribution < -0.4 is 15.4 Å². The van der Waals surface area contributed by atoms with Crippen molar-refractivity contribution >= 4 is 39.2 Å². The van der Waals surface area contributed by atoms with Crippen molar-refractivity contribution in [3.05, 3.63) is 28.2 Å². The Morgan fingerprint density at radius 2 is 1.95 bits per heavy atom. The number of carbonyl (C=O) groups is 1. The Labute approximate surface area is 145 Å². The number of amides is 1. The van der Waals surface area contributed by atoms with Gasteiger partial charge in [0.2, 0.25) is 0 Å². The van der Waals surface area contributed by atoms with Gasteiger partial charge in [0.05, 0.1) is 12.7 Å². The van der Waals surface area contributed by atoms with E-state index in [-0.39, 0.29) is 5.91 Å². The SMILES string of the molecule is COc1ccc(Br)cc1C(=O)NC(=S)NC1CCCCCC1. The van der Waals surface area contributed by atoms with Crippen LogP contribution in [0.5, 0.6) is 5.75 Å². The van der Waals surface area contributed by atoms with Gasteiger partial charge in [0.1, 0.15) is 5.75 Å². The molecule has 1 aliphatic carbocycles. The van der Waals surface area contributed by atoms with Gasteiger partial charge in [-0.25, -0.2) is 0 Å². The third kappa shape index (κ3) is 4.95. The fourth-order valence-corrected chi connectivity index (χ4v) is 3.29. The summed E-state index contributed by atoms with van der Waals surface area (Å²) in [6.07, 6.45) is 7.22. The van der Waals surface area contributed by atoms with E-state index in [1.165, 1.54) is 25.7 Å². The van der Waals surface area contributed by atoms with Gasteiger partial charge in [-0.1, -0.05) is 41.6 Å². The van der Waals surface area contributed by atoms with Crippen LogP contribution >= 0.6 is 28.1 Å². The molecule has 0 saturated heterocycles. The summed E-state index contributed by atoms with van der Waals surface area (Å²) in [6, 6.07) is 5.67. The second-order valence-corrected chi connectivity index (χ2v) is 6.78. The van der Waals surface area contributed by atoms with Crippen LogP contribution in [0.3, 0.4) is 0 Å². The van der Waals surface area contributed by atoms with Crippen molar-refractivity contribution in [3.8, 4) is 5.75 Å². The highest BCUT2D eigenvalue weighted by Crippen LogP contribution is 2.23. The molecule has 1 saturated carbocycles. The molecule has 0 atom stereocenters. The Kier molecular flexibility index (Phi) is 6.64. The topological polar surface area (TPSA) is 50.4 Å². The number of halogens is 1. The number of hydrogen-bond donors (Lipinski definition) is 2. The first-order valence-corrected chi connectivity index (χ1v) is 8.75. The Hall–Kier alpha value is -1.14. The van der Waals surface area contributed by atoms with E-state index in [1.807, 2.05) is 6.07 Å². The number of ether oxygens (including phenoxy) is 1. The van der Waals surface area contributed by atoms with Crippen LogP contribution in [0.15, 0.2) is 22.7 Å². The number of benzene rings is 1. The second kappa shape index (κ2) is 8.48. The van der Waals surface area contributed by atoms with E-state index in [1.54, 1.807) is 19.2 Å². The van der Waals surface area contributed by atoms with Gasteiger partial charge in [-0.15, -0.1) is 0 Å². The summed E-state index contributed by atoms with van der Waals surface area (Å²) in [5.74, 6) is 0.266. The quantitative estimate of drug-likeness (QED) is 0.614. The Morgan fingerprint density at radius 1 is 1.27 bits per heavy atom. The molecule has 2 rings (SSSR count). The standard InChI is InChI=1S/C16H21BrN2O2S/c1-21-14-9-8-11(17)10-13(14)15(20)19-16(22)18-12-6-4-2-3-5-7-12/h8-10,12H,2-7H2,1H3,(H2,18,19,20,22). The van der Waals surface area contributed by atoms with E-state index in [4.69, 9.17) is 17.0 Å². The predicted molar refractivity (Wildman–Crippen MR) is 95.4 cm³/mol. The normalized spacial score (nSPS) is 15.7. The zero-order valence-corrected chi connectivity index (χ0v) is 15.1. The first-order valence-electron chi connectivity index (χ1n) is 7.55. The van der Waals surface area contributed by atoms with E-state index in [2.05, 4.69) is 26.6 Å². The van der Waals surface area contributed by atoms with Gasteiger partial charge < -0.3 is 10.1 Å². The summed E-state index contributed by atoms with van der Waals surface area (Å²) in [5, 5.41) is 6.39. The number of rotatable bonds is 3. The fraction of sp³-hybridized carbons (Fsp3) is 0.500. The molecule has 120 valence electrons. The highest BCUT2D eigenvalue weighted by Gasteiger charge is 2.17. The van der Waals surface area contributed by atoms with E-state index in [0.717, 1.165) is 17.3 Å². The maximum atomic E-state index is 12.4. The third-order valence-corrected chi connectivity index (χ3v) is 4.54. The van der Waals surface area contributed by atoms with Crippen molar-refractivity contribution in [3.63, 3.8) is 0 Å². The molecule has 0 spiro atoms. The number of carbonyl (C=O) groups excluding carboxylic acids is 1. The third-order valence-electron chi connectivity index (χ3n) is 3.82. The number of nitrogens with one attached hydrogen (secondary N) is 2. The molecule has 1 aromatic carbocycles. The molecule has 0 heterocycles. The highest BCUT2D eigenvalue weighted by atomic mass is 79.9. The number of hydrogen-bond acceptors (Lipinski definition) is 3. The van der Waals surface area contributed by atoms with Crippen molar-refractivity contribution in [1.29, 1.82) is 0 Å². The smallest absolute Gasteiger partial charge is 0.261 e. The van der Waals surface area contributed by atoms with Gasteiger partial charge in [-0.3, -0.25) is 10.1 Å². The van der Waals surface area contributed by atoms with Gasteiger partial charge in [0.25, 0.3) is 5.91 Å². The molecule has 2 N–H and O–H groups in total. The van der Waals surface area contributed by atoms with Gasteiger partial charge in [0.15, 0.2) is 5.11 Å². The lowest BCUT2D eigenvalue weighted by molar-refractivity contribution is 0.0973. The lowest BCUT2D eigenvalue weighted by atomic mass is 10.1. The molecule has 1 fully saturated rings. The molecule has 6 heteroatoms. The van der Waals surface area contributed by atoms with Gasteiger partial charge in [-0.05, 0) is 43.3 Å². The second-order valence-electron chi connectivity index (χ2n) is 5.46. The zero-order valence-electron chi connectivity index (χ0n) is 12.7. The molecular weight excluding hydrogens is 364 g/mol. The lowest BCUT2D eigenvalue weighted by Gasteiger charge is -2.18. The van der Waals surface area contributed by atoms with Crippen LogP contribution in [-0.2, 0) is 0 Å². The molecule has 22 heavy (non-hydrogen) atoms. The fourth-order valence-electron chi connectivity index (χ4n) is 2.67. The average molecular weight is 385 g/mol. The molecule has 0 radical (unpaired) electrons. The molecule has 1 aromatic rings. The highest BCUT2D eigenvalue weighted by molar-refractivity contribution is 9.10. The first-order chi connectivity index (χ1) is 10.6. The molecule has 0 aliphatic heterocycles. The minimum Gasteiger partial charge on any atom is -0.496 e. The summed E-state index contributed by atoms with van der Waals surface area (Å²) >= 11 is 8.64.